The van der Waals surface area contributed by atoms with Crippen LogP contribution in [0.1, 0.15) is 45.4 Å². The van der Waals surface area contributed by atoms with Gasteiger partial charge in [0.1, 0.15) is 0 Å². The molecule has 1 nitrogen and oxygen atoms in total. The quantitative estimate of drug-likeness (QED) is 0.522. The third-order valence-electron chi connectivity index (χ3n) is 6.43. The normalized spacial score (nSPS) is 46.5. The van der Waals surface area contributed by atoms with Crippen molar-refractivity contribution in [1.82, 2.24) is 0 Å². The van der Waals surface area contributed by atoms with Gasteiger partial charge >= 0.3 is 0 Å². The average Bonchev–Trinajstić information content (AvgIpc) is 2.42. The molecule has 0 bridgehead atoms. The van der Waals surface area contributed by atoms with Crippen LogP contribution in [-0.4, -0.2) is 18.5 Å². The van der Waals surface area contributed by atoms with E-state index < -0.39 is 0 Å². The van der Waals surface area contributed by atoms with Crippen molar-refractivity contribution < 1.29 is 4.74 Å². The second-order valence-electron chi connectivity index (χ2n) is 7.17. The molecule has 3 rings (SSSR count). The van der Waals surface area contributed by atoms with E-state index in [9.17, 15) is 0 Å². The van der Waals surface area contributed by atoms with Gasteiger partial charge in [-0.15, -0.1) is 0 Å². The Morgan fingerprint density at radius 1 is 1.37 bits per heavy atom. The molecular weight excluding hydrogens is 300 g/mol. The lowest BCUT2D eigenvalue weighted by Gasteiger charge is -2.57. The second kappa shape index (κ2) is 5.52. The zero-order valence-corrected chi connectivity index (χ0v) is 13.8. The van der Waals surface area contributed by atoms with Crippen molar-refractivity contribution in [2.45, 2.75) is 45.4 Å². The number of halogens is 1. The smallest absolute Gasteiger partial charge is 0.0499 e. The predicted molar refractivity (Wildman–Crippen MR) is 83.5 cm³/mol. The Hall–Kier alpha value is 0.180. The van der Waals surface area contributed by atoms with Crippen LogP contribution < -0.4 is 0 Å². The predicted octanol–water partition coefficient (Wildman–Crippen LogP) is 4.81. The molecule has 1 saturated heterocycles. The molecular formula is C17H27BrO. The molecule has 2 heteroatoms. The molecule has 3 fully saturated rings. The Kier molecular flexibility index (Phi) is 4.11. The first-order chi connectivity index (χ1) is 9.16. The van der Waals surface area contributed by atoms with Gasteiger partial charge in [-0.3, -0.25) is 0 Å². The number of allylic oxidation sites excluding steroid dienone is 1. The Labute approximate surface area is 126 Å². The molecule has 0 amide bonds. The van der Waals surface area contributed by atoms with Crippen LogP contribution >= 0.6 is 15.9 Å². The summed E-state index contributed by atoms with van der Waals surface area (Å²) in [6.45, 7) is 8.99. The van der Waals surface area contributed by atoms with Gasteiger partial charge in [-0.1, -0.05) is 35.0 Å². The molecule has 2 saturated carbocycles. The van der Waals surface area contributed by atoms with Crippen molar-refractivity contribution >= 4 is 15.9 Å². The van der Waals surface area contributed by atoms with Crippen molar-refractivity contribution in [3.63, 3.8) is 0 Å². The van der Waals surface area contributed by atoms with Gasteiger partial charge < -0.3 is 4.74 Å². The molecule has 3 aliphatic rings. The van der Waals surface area contributed by atoms with Crippen LogP contribution in [-0.2, 0) is 4.74 Å². The molecule has 1 aliphatic heterocycles. The zero-order valence-electron chi connectivity index (χ0n) is 12.2. The topological polar surface area (TPSA) is 9.23 Å². The summed E-state index contributed by atoms with van der Waals surface area (Å²) < 4.78 is 5.82. The molecule has 0 spiro atoms. The van der Waals surface area contributed by atoms with Crippen molar-refractivity contribution in [2.75, 3.05) is 18.5 Å². The summed E-state index contributed by atoms with van der Waals surface area (Å²) in [5, 5.41) is 1.11. The number of fused-ring (bicyclic) bond motifs is 3. The summed E-state index contributed by atoms with van der Waals surface area (Å²) in [5.74, 6) is 3.39. The lowest BCUT2D eigenvalue weighted by molar-refractivity contribution is -0.104. The van der Waals surface area contributed by atoms with Crippen molar-refractivity contribution in [3.05, 3.63) is 12.2 Å². The fourth-order valence-corrected chi connectivity index (χ4v) is 5.84. The molecule has 0 aromatic heterocycles. The standard InChI is InChI=1S/C17H27BrO/c1-12-3-4-16-14-11-19-10-7-13(14)5-8-17(16,2)15(12)6-9-18/h13-16H,1,3-11H2,2H3. The van der Waals surface area contributed by atoms with Crippen molar-refractivity contribution in [1.29, 1.82) is 0 Å². The first kappa shape index (κ1) is 14.1. The summed E-state index contributed by atoms with van der Waals surface area (Å²) >= 11 is 3.66. The van der Waals surface area contributed by atoms with E-state index in [2.05, 4.69) is 29.4 Å². The van der Waals surface area contributed by atoms with Gasteiger partial charge in [0.15, 0.2) is 0 Å². The van der Waals surface area contributed by atoms with E-state index in [1.165, 1.54) is 44.1 Å². The summed E-state index contributed by atoms with van der Waals surface area (Å²) in [5.41, 5.74) is 2.01. The maximum absolute atomic E-state index is 5.82. The van der Waals surface area contributed by atoms with Gasteiger partial charge in [0.25, 0.3) is 0 Å². The fraction of sp³-hybridized carbons (Fsp3) is 0.882. The van der Waals surface area contributed by atoms with Crippen LogP contribution in [0.25, 0.3) is 0 Å². The van der Waals surface area contributed by atoms with Gasteiger partial charge in [-0.05, 0) is 67.6 Å². The summed E-state index contributed by atoms with van der Waals surface area (Å²) in [7, 11) is 0. The average molecular weight is 327 g/mol. The van der Waals surface area contributed by atoms with Crippen LogP contribution in [0.2, 0.25) is 0 Å². The monoisotopic (exact) mass is 326 g/mol. The molecule has 19 heavy (non-hydrogen) atoms. The van der Waals surface area contributed by atoms with Gasteiger partial charge in [-0.25, -0.2) is 0 Å². The first-order valence-electron chi connectivity index (χ1n) is 7.98. The summed E-state index contributed by atoms with van der Waals surface area (Å²) in [6.07, 6.45) is 8.02. The lowest BCUT2D eigenvalue weighted by atomic mass is 9.48. The summed E-state index contributed by atoms with van der Waals surface area (Å²) in [4.78, 5) is 0. The van der Waals surface area contributed by atoms with E-state index in [0.717, 1.165) is 42.2 Å². The largest absolute Gasteiger partial charge is 0.381 e. The molecule has 0 aromatic rings. The van der Waals surface area contributed by atoms with E-state index in [1.807, 2.05) is 0 Å². The van der Waals surface area contributed by atoms with Crippen LogP contribution in [0.5, 0.6) is 0 Å². The van der Waals surface area contributed by atoms with Crippen LogP contribution in [0.4, 0.5) is 0 Å². The molecule has 0 aromatic carbocycles. The number of hydrogen-bond acceptors (Lipinski definition) is 1. The minimum absolute atomic E-state index is 0.491. The molecule has 2 aliphatic carbocycles. The highest BCUT2D eigenvalue weighted by atomic mass is 79.9. The zero-order chi connectivity index (χ0) is 13.5. The maximum atomic E-state index is 5.82. The SMILES string of the molecule is C=C1CCC2C3COCCC3CCC2(C)C1CCBr. The van der Waals surface area contributed by atoms with E-state index in [4.69, 9.17) is 4.74 Å². The van der Waals surface area contributed by atoms with Crippen LogP contribution in [0.3, 0.4) is 0 Å². The molecule has 0 N–H and O–H groups in total. The van der Waals surface area contributed by atoms with Gasteiger partial charge in [0, 0.05) is 18.5 Å². The van der Waals surface area contributed by atoms with E-state index in [1.54, 1.807) is 0 Å². The van der Waals surface area contributed by atoms with Gasteiger partial charge in [0.05, 0.1) is 0 Å². The highest BCUT2D eigenvalue weighted by Gasteiger charge is 2.52. The van der Waals surface area contributed by atoms with E-state index in [0.29, 0.717) is 5.41 Å². The lowest BCUT2D eigenvalue weighted by Crippen LogP contribution is -2.51. The first-order valence-corrected chi connectivity index (χ1v) is 9.10. The second-order valence-corrected chi connectivity index (χ2v) is 7.96. The number of rotatable bonds is 2. The van der Waals surface area contributed by atoms with E-state index in [-0.39, 0.29) is 0 Å². The van der Waals surface area contributed by atoms with Gasteiger partial charge in [0.2, 0.25) is 0 Å². The highest BCUT2D eigenvalue weighted by molar-refractivity contribution is 9.09. The molecule has 108 valence electrons. The Balaban J connectivity index is 1.86. The highest BCUT2D eigenvalue weighted by Crippen LogP contribution is 2.60. The van der Waals surface area contributed by atoms with Gasteiger partial charge in [-0.2, -0.15) is 0 Å². The molecule has 5 atom stereocenters. The maximum Gasteiger partial charge on any atom is 0.0499 e. The van der Waals surface area contributed by atoms with E-state index >= 15 is 0 Å². The minimum Gasteiger partial charge on any atom is -0.381 e. The molecule has 5 unspecified atom stereocenters. The number of hydrogen-bond donors (Lipinski definition) is 0. The number of alkyl halides is 1. The van der Waals surface area contributed by atoms with Crippen LogP contribution in [0, 0.1) is 29.1 Å². The van der Waals surface area contributed by atoms with Crippen molar-refractivity contribution in [2.24, 2.45) is 29.1 Å². The Morgan fingerprint density at radius 2 is 2.21 bits per heavy atom. The third-order valence-corrected chi connectivity index (χ3v) is 6.89. The number of ether oxygens (including phenoxy) is 1. The minimum atomic E-state index is 0.491. The Bertz CT molecular complexity index is 353. The summed E-state index contributed by atoms with van der Waals surface area (Å²) in [6, 6.07) is 0. The Morgan fingerprint density at radius 3 is 3.00 bits per heavy atom. The molecule has 1 heterocycles. The third kappa shape index (κ3) is 2.33. The van der Waals surface area contributed by atoms with Crippen molar-refractivity contribution in [3.8, 4) is 0 Å². The molecule has 0 radical (unpaired) electrons. The van der Waals surface area contributed by atoms with Crippen LogP contribution in [0.15, 0.2) is 12.2 Å². The fourth-order valence-electron chi connectivity index (χ4n) is 5.38.